The summed E-state index contributed by atoms with van der Waals surface area (Å²) in [5.41, 5.74) is 2.29. The third-order valence-electron chi connectivity index (χ3n) is 4.22. The van der Waals surface area contributed by atoms with Gasteiger partial charge in [0.05, 0.1) is 33.9 Å². The van der Waals surface area contributed by atoms with Gasteiger partial charge >= 0.3 is 11.9 Å². The number of hydrogen-bond donors (Lipinski definition) is 1. The van der Waals surface area contributed by atoms with Crippen LogP contribution in [0.1, 0.15) is 65.1 Å². The van der Waals surface area contributed by atoms with Crippen molar-refractivity contribution >= 4 is 27.6 Å². The molecule has 0 saturated heterocycles. The van der Waals surface area contributed by atoms with Gasteiger partial charge < -0.3 is 9.47 Å². The molecule has 0 aliphatic carbocycles. The number of benzene rings is 2. The maximum absolute atomic E-state index is 13.1. The predicted octanol–water partition coefficient (Wildman–Crippen LogP) is 4.54. The molecule has 8 heteroatoms. The molecule has 0 saturated carbocycles. The minimum absolute atomic E-state index is 0.0435. The number of nitrogens with one attached hydrogen (secondary N) is 1. The molecule has 0 radical (unpaired) electrons. The molecule has 2 aromatic carbocycles. The summed E-state index contributed by atoms with van der Waals surface area (Å²) in [6.45, 7) is 12.1. The number of esters is 2. The highest BCUT2D eigenvalue weighted by atomic mass is 32.2. The highest BCUT2D eigenvalue weighted by molar-refractivity contribution is 7.92. The molecular formula is C23H29NO6S. The molecule has 0 aliphatic rings. The smallest absolute Gasteiger partial charge is 0.338 e. The summed E-state index contributed by atoms with van der Waals surface area (Å²) in [6, 6.07) is 7.57. The van der Waals surface area contributed by atoms with Crippen LogP contribution in [0.5, 0.6) is 0 Å². The summed E-state index contributed by atoms with van der Waals surface area (Å²) < 4.78 is 39.2. The first-order valence-electron chi connectivity index (χ1n) is 9.98. The first-order valence-corrected chi connectivity index (χ1v) is 11.5. The lowest BCUT2D eigenvalue weighted by molar-refractivity contribution is 0.0377. The number of anilines is 1. The lowest BCUT2D eigenvalue weighted by atomic mass is 10.1. The van der Waals surface area contributed by atoms with Crippen molar-refractivity contribution in [2.45, 2.75) is 65.6 Å². The van der Waals surface area contributed by atoms with Crippen molar-refractivity contribution in [2.75, 3.05) is 4.72 Å². The number of ether oxygens (including phenoxy) is 2. The molecule has 0 aliphatic heterocycles. The van der Waals surface area contributed by atoms with Gasteiger partial charge in [-0.3, -0.25) is 4.72 Å². The molecule has 0 bridgehead atoms. The molecule has 2 rings (SSSR count). The predicted molar refractivity (Wildman–Crippen MR) is 119 cm³/mol. The van der Waals surface area contributed by atoms with Gasteiger partial charge in [0, 0.05) is 0 Å². The Labute approximate surface area is 183 Å². The highest BCUT2D eigenvalue weighted by Gasteiger charge is 2.23. The number of rotatable bonds is 7. The second-order valence-electron chi connectivity index (χ2n) is 8.04. The third kappa shape index (κ3) is 6.30. The van der Waals surface area contributed by atoms with E-state index in [9.17, 15) is 18.0 Å². The van der Waals surface area contributed by atoms with Crippen LogP contribution in [-0.2, 0) is 19.5 Å². The van der Waals surface area contributed by atoms with Gasteiger partial charge in [-0.25, -0.2) is 18.0 Å². The molecule has 0 atom stereocenters. The van der Waals surface area contributed by atoms with Crippen LogP contribution in [0.2, 0.25) is 0 Å². The van der Waals surface area contributed by atoms with Crippen molar-refractivity contribution in [2.24, 2.45) is 0 Å². The van der Waals surface area contributed by atoms with Crippen molar-refractivity contribution < 1.29 is 27.5 Å². The van der Waals surface area contributed by atoms with E-state index in [-0.39, 0.29) is 33.9 Å². The van der Waals surface area contributed by atoms with Crippen LogP contribution in [0.15, 0.2) is 35.2 Å². The van der Waals surface area contributed by atoms with Gasteiger partial charge in [-0.05, 0) is 77.8 Å². The van der Waals surface area contributed by atoms with Crippen molar-refractivity contribution in [1.29, 1.82) is 0 Å². The summed E-state index contributed by atoms with van der Waals surface area (Å²) >= 11 is 0. The van der Waals surface area contributed by atoms with Gasteiger partial charge in [0.2, 0.25) is 0 Å². The van der Waals surface area contributed by atoms with E-state index in [4.69, 9.17) is 9.47 Å². The average molecular weight is 448 g/mol. The lowest BCUT2D eigenvalue weighted by Gasteiger charge is -2.16. The molecule has 2 aromatic rings. The molecular weight excluding hydrogens is 418 g/mol. The van der Waals surface area contributed by atoms with Gasteiger partial charge in [0.15, 0.2) is 0 Å². The largest absolute Gasteiger partial charge is 0.459 e. The van der Waals surface area contributed by atoms with Crippen LogP contribution in [0, 0.1) is 20.8 Å². The molecule has 1 N–H and O–H groups in total. The maximum atomic E-state index is 13.1. The van der Waals surface area contributed by atoms with Gasteiger partial charge in [-0.2, -0.15) is 0 Å². The van der Waals surface area contributed by atoms with E-state index in [1.165, 1.54) is 18.2 Å². The normalized spacial score (nSPS) is 11.5. The summed E-state index contributed by atoms with van der Waals surface area (Å²) in [4.78, 5) is 25.0. The van der Waals surface area contributed by atoms with Crippen LogP contribution in [-0.4, -0.2) is 32.6 Å². The van der Waals surface area contributed by atoms with Crippen molar-refractivity contribution in [1.82, 2.24) is 0 Å². The van der Waals surface area contributed by atoms with E-state index in [2.05, 4.69) is 4.72 Å². The topological polar surface area (TPSA) is 98.8 Å². The molecule has 168 valence electrons. The van der Waals surface area contributed by atoms with Crippen LogP contribution >= 0.6 is 0 Å². The van der Waals surface area contributed by atoms with Crippen LogP contribution in [0.4, 0.5) is 5.69 Å². The zero-order valence-electron chi connectivity index (χ0n) is 18.9. The SMILES string of the molecule is Cc1cc(C)c(S(=O)(=O)Nc2cc(C(=O)OC(C)C)cc(C(=O)OC(C)C)c2)c(C)c1. The van der Waals surface area contributed by atoms with Crippen LogP contribution in [0.3, 0.4) is 0 Å². The van der Waals surface area contributed by atoms with Crippen molar-refractivity contribution in [3.63, 3.8) is 0 Å². The number of sulfonamides is 1. The lowest BCUT2D eigenvalue weighted by Crippen LogP contribution is -2.18. The molecule has 0 unspecified atom stereocenters. The Kier molecular flexibility index (Phi) is 7.49. The minimum Gasteiger partial charge on any atom is -0.459 e. The van der Waals surface area contributed by atoms with Gasteiger partial charge in [-0.1, -0.05) is 17.7 Å². The van der Waals surface area contributed by atoms with Crippen molar-refractivity contribution in [3.8, 4) is 0 Å². The summed E-state index contributed by atoms with van der Waals surface area (Å²) in [5, 5.41) is 0. The molecule has 0 spiro atoms. The Morgan fingerprint density at radius 1 is 0.774 bits per heavy atom. The first kappa shape index (κ1) is 24.4. The summed E-state index contributed by atoms with van der Waals surface area (Å²) in [6.07, 6.45) is -0.756. The van der Waals surface area contributed by atoms with Crippen molar-refractivity contribution in [3.05, 3.63) is 58.1 Å². The number of carbonyl (C=O) groups excluding carboxylic acids is 2. The second-order valence-corrected chi connectivity index (χ2v) is 9.66. The number of hydrogen-bond acceptors (Lipinski definition) is 6. The van der Waals surface area contributed by atoms with E-state index in [1.807, 2.05) is 6.92 Å². The quantitative estimate of drug-likeness (QED) is 0.626. The molecule has 0 fully saturated rings. The maximum Gasteiger partial charge on any atom is 0.338 e. The van der Waals surface area contributed by atoms with Crippen LogP contribution in [0.25, 0.3) is 0 Å². The zero-order valence-corrected chi connectivity index (χ0v) is 19.7. The molecule has 31 heavy (non-hydrogen) atoms. The first-order chi connectivity index (χ1) is 14.3. The number of aryl methyl sites for hydroxylation is 3. The molecule has 0 heterocycles. The Bertz CT molecular complexity index is 1040. The Morgan fingerprint density at radius 2 is 1.19 bits per heavy atom. The van der Waals surface area contributed by atoms with E-state index >= 15 is 0 Å². The Balaban J connectivity index is 2.54. The standard InChI is InChI=1S/C23H29NO6S/c1-13(2)29-22(25)18-10-19(23(26)30-14(3)4)12-20(11-18)24-31(27,28)21-16(6)8-15(5)9-17(21)7/h8-14,24H,1-7H3. The van der Waals surface area contributed by atoms with E-state index < -0.39 is 22.0 Å². The van der Waals surface area contributed by atoms with Gasteiger partial charge in [0.25, 0.3) is 10.0 Å². The van der Waals surface area contributed by atoms with E-state index in [1.54, 1.807) is 53.7 Å². The van der Waals surface area contributed by atoms with E-state index in [0.29, 0.717) is 11.1 Å². The third-order valence-corrected chi connectivity index (χ3v) is 5.90. The van der Waals surface area contributed by atoms with Gasteiger partial charge in [0.1, 0.15) is 0 Å². The summed E-state index contributed by atoms with van der Waals surface area (Å²) in [5.74, 6) is -1.34. The Hall–Kier alpha value is -2.87. The van der Waals surface area contributed by atoms with Gasteiger partial charge in [-0.15, -0.1) is 0 Å². The number of carbonyl (C=O) groups is 2. The van der Waals surface area contributed by atoms with Crippen LogP contribution < -0.4 is 4.72 Å². The molecule has 0 amide bonds. The summed E-state index contributed by atoms with van der Waals surface area (Å²) in [7, 11) is -3.98. The molecule has 0 aromatic heterocycles. The highest BCUT2D eigenvalue weighted by Crippen LogP contribution is 2.26. The fourth-order valence-electron chi connectivity index (χ4n) is 3.28. The minimum atomic E-state index is -3.98. The fourth-order valence-corrected chi connectivity index (χ4v) is 4.78. The average Bonchev–Trinajstić information content (AvgIpc) is 2.58. The Morgan fingerprint density at radius 3 is 1.58 bits per heavy atom. The zero-order chi connectivity index (χ0) is 23.5. The monoisotopic (exact) mass is 447 g/mol. The molecule has 7 nitrogen and oxygen atoms in total. The fraction of sp³-hybridized carbons (Fsp3) is 0.391. The second kappa shape index (κ2) is 9.51. The van der Waals surface area contributed by atoms with E-state index in [0.717, 1.165) is 5.56 Å².